The Morgan fingerprint density at radius 1 is 1.46 bits per heavy atom. The van der Waals surface area contributed by atoms with E-state index in [2.05, 4.69) is 0 Å². The third kappa shape index (κ3) is 8.75. The highest BCUT2D eigenvalue weighted by atomic mass is 16.2. The maximum absolute atomic E-state index is 10.9. The van der Waals surface area contributed by atoms with Crippen molar-refractivity contribution in [1.29, 1.82) is 0 Å². The van der Waals surface area contributed by atoms with Gasteiger partial charge in [-0.2, -0.15) is 0 Å². The number of likely N-dealkylation sites (N-methyl/N-ethyl adjacent to an activating group) is 1. The van der Waals surface area contributed by atoms with Crippen LogP contribution in [0, 0.1) is 0 Å². The van der Waals surface area contributed by atoms with Gasteiger partial charge in [0.25, 0.3) is 0 Å². The first kappa shape index (κ1) is 14.4. The molecule has 4 nitrogen and oxygen atoms in total. The molecule has 1 amide bonds. The van der Waals surface area contributed by atoms with Crippen LogP contribution in [0.3, 0.4) is 0 Å². The lowest BCUT2D eigenvalue weighted by molar-refractivity contribution is -0.124. The van der Waals surface area contributed by atoms with Crippen LogP contribution < -0.4 is 5.73 Å². The lowest BCUT2D eigenvalue weighted by Gasteiger charge is -2.12. The summed E-state index contributed by atoms with van der Waals surface area (Å²) in [6.07, 6.45) is 2.94. The van der Waals surface area contributed by atoms with E-state index in [-0.39, 0.29) is 5.91 Å². The lowest BCUT2D eigenvalue weighted by atomic mass is 10.4. The minimum Gasteiger partial charge on any atom is -0.341 e. The number of carbonyl (C=O) groups excluding carboxylic acids is 2. The maximum Gasteiger partial charge on any atom is 0.246 e. The minimum atomic E-state index is -0.206. The predicted octanol–water partition coefficient (Wildman–Crippen LogP) is 0.185. The van der Waals surface area contributed by atoms with Crippen LogP contribution in [0.2, 0.25) is 0 Å². The SMILES string of the molecule is CC.CN(CCN)C(=O)/C=C\C=O. The summed E-state index contributed by atoms with van der Waals surface area (Å²) >= 11 is 0. The summed E-state index contributed by atoms with van der Waals surface area (Å²) < 4.78 is 0. The van der Waals surface area contributed by atoms with Crippen LogP contribution in [-0.4, -0.2) is 37.2 Å². The van der Waals surface area contributed by atoms with Gasteiger partial charge in [0, 0.05) is 26.2 Å². The van der Waals surface area contributed by atoms with Crippen molar-refractivity contribution in [2.75, 3.05) is 20.1 Å². The zero-order valence-corrected chi connectivity index (χ0v) is 8.49. The van der Waals surface area contributed by atoms with E-state index >= 15 is 0 Å². The molecule has 0 bridgehead atoms. The molecule has 0 aliphatic carbocycles. The molecule has 0 saturated heterocycles. The van der Waals surface area contributed by atoms with E-state index in [4.69, 9.17) is 5.73 Å². The number of nitrogens with zero attached hydrogens (tertiary/aromatic N) is 1. The number of hydrogen-bond donors (Lipinski definition) is 1. The predicted molar refractivity (Wildman–Crippen MR) is 53.2 cm³/mol. The summed E-state index contributed by atoms with van der Waals surface area (Å²) in [7, 11) is 1.63. The molecule has 0 aromatic heterocycles. The molecule has 4 heteroatoms. The molecule has 76 valence electrons. The average molecular weight is 186 g/mol. The van der Waals surface area contributed by atoms with Crippen molar-refractivity contribution in [3.8, 4) is 0 Å². The van der Waals surface area contributed by atoms with Crippen LogP contribution in [0.5, 0.6) is 0 Å². The molecule has 0 fully saturated rings. The molecule has 2 N–H and O–H groups in total. The minimum absolute atomic E-state index is 0.206. The largest absolute Gasteiger partial charge is 0.341 e. The molecular weight excluding hydrogens is 168 g/mol. The van der Waals surface area contributed by atoms with E-state index in [0.717, 1.165) is 6.08 Å². The van der Waals surface area contributed by atoms with Crippen LogP contribution in [0.25, 0.3) is 0 Å². The Hall–Kier alpha value is -1.16. The van der Waals surface area contributed by atoms with Gasteiger partial charge in [-0.25, -0.2) is 0 Å². The summed E-state index contributed by atoms with van der Waals surface area (Å²) in [5.74, 6) is -0.206. The van der Waals surface area contributed by atoms with Crippen LogP contribution in [0.1, 0.15) is 13.8 Å². The average Bonchev–Trinajstić information content (AvgIpc) is 2.17. The zero-order chi connectivity index (χ0) is 10.7. The molecule has 0 heterocycles. The molecule has 0 atom stereocenters. The van der Waals surface area contributed by atoms with E-state index in [1.54, 1.807) is 7.05 Å². The topological polar surface area (TPSA) is 63.4 Å². The van der Waals surface area contributed by atoms with Crippen LogP contribution in [0.15, 0.2) is 12.2 Å². The van der Waals surface area contributed by atoms with Gasteiger partial charge in [0.1, 0.15) is 6.29 Å². The van der Waals surface area contributed by atoms with Crippen molar-refractivity contribution < 1.29 is 9.59 Å². The highest BCUT2D eigenvalue weighted by molar-refractivity contribution is 5.90. The van der Waals surface area contributed by atoms with Crippen LogP contribution in [-0.2, 0) is 9.59 Å². The molecule has 0 aromatic carbocycles. The smallest absolute Gasteiger partial charge is 0.246 e. The summed E-state index contributed by atoms with van der Waals surface area (Å²) in [5, 5.41) is 0. The first-order valence-electron chi connectivity index (χ1n) is 4.29. The van der Waals surface area contributed by atoms with Crippen molar-refractivity contribution in [2.24, 2.45) is 5.73 Å². The number of carbonyl (C=O) groups is 2. The van der Waals surface area contributed by atoms with Gasteiger partial charge in [0.15, 0.2) is 0 Å². The van der Waals surface area contributed by atoms with Crippen LogP contribution >= 0.6 is 0 Å². The summed E-state index contributed by atoms with van der Waals surface area (Å²) in [6.45, 7) is 4.93. The number of hydrogen-bond acceptors (Lipinski definition) is 3. The number of rotatable bonds is 4. The zero-order valence-electron chi connectivity index (χ0n) is 8.49. The Kier molecular flexibility index (Phi) is 12.0. The van der Waals surface area contributed by atoms with Crippen molar-refractivity contribution in [1.82, 2.24) is 4.90 Å². The van der Waals surface area contributed by atoms with Gasteiger partial charge in [-0.15, -0.1) is 0 Å². The molecule has 0 radical (unpaired) electrons. The van der Waals surface area contributed by atoms with Gasteiger partial charge >= 0.3 is 0 Å². The summed E-state index contributed by atoms with van der Waals surface area (Å²) in [5.41, 5.74) is 5.21. The first-order chi connectivity index (χ1) is 6.22. The highest BCUT2D eigenvalue weighted by Gasteiger charge is 2.00. The molecular formula is C9H18N2O2. The Balaban J connectivity index is 0. The van der Waals surface area contributed by atoms with Crippen LogP contribution in [0.4, 0.5) is 0 Å². The third-order valence-electron chi connectivity index (χ3n) is 1.16. The van der Waals surface area contributed by atoms with Gasteiger partial charge in [-0.3, -0.25) is 9.59 Å². The Labute approximate surface area is 79.4 Å². The number of aldehydes is 1. The standard InChI is InChI=1S/C7H12N2O2.C2H6/c1-9(5-4-8)7(11)3-2-6-10;1-2/h2-3,6H,4-5,8H2,1H3;1-2H3/b3-2-;. The van der Waals surface area contributed by atoms with Crippen molar-refractivity contribution in [3.63, 3.8) is 0 Å². The molecule has 0 spiro atoms. The van der Waals surface area contributed by atoms with E-state index in [1.807, 2.05) is 13.8 Å². The molecule has 0 aromatic rings. The second-order valence-electron chi connectivity index (χ2n) is 2.04. The summed E-state index contributed by atoms with van der Waals surface area (Å²) in [6, 6.07) is 0. The Bertz CT molecular complexity index is 167. The molecule has 0 saturated carbocycles. The third-order valence-corrected chi connectivity index (χ3v) is 1.16. The van der Waals surface area contributed by atoms with Gasteiger partial charge in [0.05, 0.1) is 0 Å². The number of allylic oxidation sites excluding steroid dienone is 1. The fourth-order valence-electron chi connectivity index (χ4n) is 0.553. The van der Waals surface area contributed by atoms with Gasteiger partial charge in [-0.05, 0) is 6.08 Å². The van der Waals surface area contributed by atoms with Gasteiger partial charge in [0.2, 0.25) is 5.91 Å². The Morgan fingerprint density at radius 3 is 2.38 bits per heavy atom. The maximum atomic E-state index is 10.9. The molecule has 0 unspecified atom stereocenters. The van der Waals surface area contributed by atoms with E-state index in [9.17, 15) is 9.59 Å². The second kappa shape index (κ2) is 10.8. The quantitative estimate of drug-likeness (QED) is 0.503. The molecule has 0 aliphatic heterocycles. The van der Waals surface area contributed by atoms with Crippen molar-refractivity contribution in [3.05, 3.63) is 12.2 Å². The number of nitrogens with two attached hydrogens (primary N) is 1. The fourth-order valence-corrected chi connectivity index (χ4v) is 0.553. The highest BCUT2D eigenvalue weighted by Crippen LogP contribution is 1.83. The van der Waals surface area contributed by atoms with Gasteiger partial charge in [-0.1, -0.05) is 13.8 Å². The van der Waals surface area contributed by atoms with E-state index in [1.165, 1.54) is 11.0 Å². The fraction of sp³-hybridized carbons (Fsp3) is 0.556. The van der Waals surface area contributed by atoms with Crippen molar-refractivity contribution in [2.45, 2.75) is 13.8 Å². The Morgan fingerprint density at radius 2 is 2.00 bits per heavy atom. The van der Waals surface area contributed by atoms with Gasteiger partial charge < -0.3 is 10.6 Å². The normalized spacial score (nSPS) is 8.92. The summed E-state index contributed by atoms with van der Waals surface area (Å²) in [4.78, 5) is 22.2. The monoisotopic (exact) mass is 186 g/mol. The second-order valence-corrected chi connectivity index (χ2v) is 2.04. The number of amides is 1. The molecule has 13 heavy (non-hydrogen) atoms. The molecule has 0 rings (SSSR count). The van der Waals surface area contributed by atoms with E-state index in [0.29, 0.717) is 19.4 Å². The molecule has 0 aliphatic rings. The lowest BCUT2D eigenvalue weighted by Crippen LogP contribution is -2.30. The van der Waals surface area contributed by atoms with Crippen molar-refractivity contribution >= 4 is 12.2 Å². The first-order valence-corrected chi connectivity index (χ1v) is 4.29. The van der Waals surface area contributed by atoms with E-state index < -0.39 is 0 Å².